The summed E-state index contributed by atoms with van der Waals surface area (Å²) < 4.78 is 10.9. The minimum atomic E-state index is -0.628. The van der Waals surface area contributed by atoms with E-state index in [0.29, 0.717) is 16.6 Å². The topological polar surface area (TPSA) is 93.1 Å². The molecule has 0 radical (unpaired) electrons. The third-order valence-electron chi connectivity index (χ3n) is 3.40. The van der Waals surface area contributed by atoms with Crippen LogP contribution >= 0.6 is 27.7 Å². The number of nitrogens with zero attached hydrogens (tertiary/aromatic N) is 1. The molecule has 0 saturated carbocycles. The summed E-state index contributed by atoms with van der Waals surface area (Å²) in [5, 5.41) is 9.34. The van der Waals surface area contributed by atoms with E-state index in [9.17, 15) is 19.5 Å². The normalized spacial score (nSPS) is 15.7. The average Bonchev–Trinajstić information content (AvgIpc) is 2.85. The number of carbonyl (C=O) groups is 3. The molecule has 0 bridgehead atoms. The average molecular weight is 458 g/mol. The van der Waals surface area contributed by atoms with Crippen molar-refractivity contribution >= 4 is 50.9 Å². The number of ether oxygens (including phenoxy) is 2. The van der Waals surface area contributed by atoms with E-state index < -0.39 is 23.7 Å². The molecule has 1 aromatic rings. The Hall–Kier alpha value is -2.00. The van der Waals surface area contributed by atoms with Crippen molar-refractivity contribution in [1.29, 1.82) is 0 Å². The second-order valence-electron chi connectivity index (χ2n) is 6.12. The van der Waals surface area contributed by atoms with E-state index >= 15 is 0 Å². The van der Waals surface area contributed by atoms with Gasteiger partial charge in [-0.2, -0.15) is 0 Å². The van der Waals surface area contributed by atoms with Crippen molar-refractivity contribution in [3.05, 3.63) is 27.1 Å². The Morgan fingerprint density at radius 3 is 2.70 bits per heavy atom. The summed E-state index contributed by atoms with van der Waals surface area (Å²) >= 11 is 4.05. The molecule has 1 saturated heterocycles. The maximum absolute atomic E-state index is 12.5. The van der Waals surface area contributed by atoms with Crippen molar-refractivity contribution < 1.29 is 29.0 Å². The summed E-state index contributed by atoms with van der Waals surface area (Å²) in [6.07, 6.45) is 1.51. The number of aromatic hydroxyl groups is 1. The van der Waals surface area contributed by atoms with E-state index in [2.05, 4.69) is 15.9 Å². The van der Waals surface area contributed by atoms with Gasteiger partial charge in [0.1, 0.15) is 6.54 Å². The predicted molar refractivity (Wildman–Crippen MR) is 105 cm³/mol. The second kappa shape index (κ2) is 9.27. The van der Waals surface area contributed by atoms with E-state index in [1.54, 1.807) is 13.0 Å². The number of phenolic OH excluding ortho intramolecular Hbond substituents is 1. The van der Waals surface area contributed by atoms with E-state index in [1.165, 1.54) is 12.1 Å². The summed E-state index contributed by atoms with van der Waals surface area (Å²) in [5.41, 5.74) is 0.559. The fourth-order valence-corrected chi connectivity index (χ4v) is 3.43. The Bertz CT molecular complexity index is 792. The molecule has 7 nitrogen and oxygen atoms in total. The third-order valence-corrected chi connectivity index (χ3v) is 5.00. The zero-order valence-corrected chi connectivity index (χ0v) is 17.6. The second-order valence-corrected chi connectivity index (χ2v) is 7.97. The number of hydrogen-bond donors (Lipinski definition) is 1. The highest BCUT2D eigenvalue weighted by Gasteiger charge is 2.36. The van der Waals surface area contributed by atoms with Crippen LogP contribution in [0, 0.1) is 5.92 Å². The van der Waals surface area contributed by atoms with Crippen molar-refractivity contribution in [2.24, 2.45) is 5.92 Å². The van der Waals surface area contributed by atoms with Gasteiger partial charge in [0.15, 0.2) is 11.5 Å². The van der Waals surface area contributed by atoms with Gasteiger partial charge in [0.2, 0.25) is 0 Å². The Labute approximate surface area is 169 Å². The van der Waals surface area contributed by atoms with Crippen LogP contribution in [0.2, 0.25) is 0 Å². The zero-order valence-electron chi connectivity index (χ0n) is 15.2. The van der Waals surface area contributed by atoms with E-state index in [0.717, 1.165) is 16.7 Å². The first kappa shape index (κ1) is 21.3. The summed E-state index contributed by atoms with van der Waals surface area (Å²) in [6, 6.07) is 3.01. The number of benzene rings is 1. The van der Waals surface area contributed by atoms with Gasteiger partial charge in [-0.05, 0) is 48.4 Å². The first-order chi connectivity index (χ1) is 12.7. The molecule has 9 heteroatoms. The van der Waals surface area contributed by atoms with Gasteiger partial charge in [-0.15, -0.1) is 0 Å². The van der Waals surface area contributed by atoms with Crippen LogP contribution in [0.5, 0.6) is 11.5 Å². The first-order valence-electron chi connectivity index (χ1n) is 8.29. The number of phenols is 1. The van der Waals surface area contributed by atoms with Gasteiger partial charge < -0.3 is 14.6 Å². The molecular formula is C18H20BrNO6S. The van der Waals surface area contributed by atoms with Crippen molar-refractivity contribution in [1.82, 2.24) is 4.90 Å². The molecule has 1 aliphatic rings. The van der Waals surface area contributed by atoms with Crippen LogP contribution in [0.15, 0.2) is 21.5 Å². The number of hydrogen-bond acceptors (Lipinski definition) is 7. The number of thioether (sulfide) groups is 1. The van der Waals surface area contributed by atoms with Crippen LogP contribution in [0.25, 0.3) is 6.08 Å². The third kappa shape index (κ3) is 5.49. The molecular weight excluding hydrogens is 438 g/mol. The van der Waals surface area contributed by atoms with Crippen molar-refractivity contribution in [3.63, 3.8) is 0 Å². The lowest BCUT2D eigenvalue weighted by atomic mass is 10.2. The molecule has 1 N–H and O–H groups in total. The maximum Gasteiger partial charge on any atom is 0.326 e. The highest BCUT2D eigenvalue weighted by Crippen LogP contribution is 2.37. The van der Waals surface area contributed by atoms with Gasteiger partial charge in [0.05, 0.1) is 18.1 Å². The zero-order chi connectivity index (χ0) is 20.1. The van der Waals surface area contributed by atoms with Gasteiger partial charge in [-0.1, -0.05) is 29.8 Å². The largest absolute Gasteiger partial charge is 0.504 e. The number of amides is 2. The van der Waals surface area contributed by atoms with Gasteiger partial charge in [0.25, 0.3) is 11.1 Å². The molecule has 0 unspecified atom stereocenters. The van der Waals surface area contributed by atoms with Crippen molar-refractivity contribution in [3.8, 4) is 11.5 Å². The Kier molecular flexibility index (Phi) is 7.32. The lowest BCUT2D eigenvalue weighted by Gasteiger charge is -2.12. The highest BCUT2D eigenvalue weighted by atomic mass is 79.9. The molecule has 2 amide bonds. The number of halogens is 1. The Morgan fingerprint density at radius 1 is 1.37 bits per heavy atom. The molecule has 0 atom stereocenters. The van der Waals surface area contributed by atoms with Crippen LogP contribution in [0.3, 0.4) is 0 Å². The van der Waals surface area contributed by atoms with Crippen LogP contribution in [0.1, 0.15) is 26.3 Å². The predicted octanol–water partition coefficient (Wildman–Crippen LogP) is 3.79. The van der Waals surface area contributed by atoms with Crippen LogP contribution in [-0.4, -0.2) is 46.9 Å². The minimum absolute atomic E-state index is 0.0399. The van der Waals surface area contributed by atoms with Gasteiger partial charge >= 0.3 is 5.97 Å². The molecule has 2 rings (SSSR count). The van der Waals surface area contributed by atoms with E-state index in [4.69, 9.17) is 9.47 Å². The fourth-order valence-electron chi connectivity index (χ4n) is 2.15. The monoisotopic (exact) mass is 457 g/mol. The quantitative estimate of drug-likeness (QED) is 0.491. The lowest BCUT2D eigenvalue weighted by molar-refractivity contribution is -0.147. The molecule has 27 heavy (non-hydrogen) atoms. The SMILES string of the molecule is CCOc1cc(/C=C2\SC(=O)N(CC(=O)OCC(C)C)C2=O)c(Br)cc1O. The molecule has 1 heterocycles. The number of esters is 1. The first-order valence-corrected chi connectivity index (χ1v) is 9.90. The summed E-state index contributed by atoms with van der Waals surface area (Å²) in [5.74, 6) is -0.804. The lowest BCUT2D eigenvalue weighted by Crippen LogP contribution is -2.34. The molecule has 1 fully saturated rings. The summed E-state index contributed by atoms with van der Waals surface area (Å²) in [6.45, 7) is 5.74. The van der Waals surface area contributed by atoms with Gasteiger partial charge in [-0.25, -0.2) is 0 Å². The molecule has 1 aromatic carbocycles. The van der Waals surface area contributed by atoms with Crippen molar-refractivity contribution in [2.75, 3.05) is 19.8 Å². The Balaban J connectivity index is 2.18. The fraction of sp³-hybridized carbons (Fsp3) is 0.389. The van der Waals surface area contributed by atoms with Crippen LogP contribution < -0.4 is 4.74 Å². The molecule has 1 aliphatic heterocycles. The number of carbonyl (C=O) groups excluding carboxylic acids is 3. The van der Waals surface area contributed by atoms with E-state index in [1.807, 2.05) is 13.8 Å². The highest BCUT2D eigenvalue weighted by molar-refractivity contribution is 9.10. The Morgan fingerprint density at radius 2 is 2.07 bits per heavy atom. The van der Waals surface area contributed by atoms with Crippen molar-refractivity contribution in [2.45, 2.75) is 20.8 Å². The number of rotatable bonds is 7. The molecule has 0 aliphatic carbocycles. The minimum Gasteiger partial charge on any atom is -0.504 e. The standard InChI is InChI=1S/C18H20BrNO6S/c1-4-25-14-5-11(12(19)7-13(14)21)6-15-17(23)20(18(24)27-15)8-16(22)26-9-10(2)3/h5-7,10,21H,4,8-9H2,1-3H3/b15-6-. The number of imide groups is 1. The van der Waals surface area contributed by atoms with Gasteiger partial charge in [0, 0.05) is 4.47 Å². The molecule has 0 spiro atoms. The smallest absolute Gasteiger partial charge is 0.326 e. The summed E-state index contributed by atoms with van der Waals surface area (Å²) in [7, 11) is 0. The van der Waals surface area contributed by atoms with Crippen LogP contribution in [0.4, 0.5) is 4.79 Å². The van der Waals surface area contributed by atoms with Crippen LogP contribution in [-0.2, 0) is 14.3 Å². The van der Waals surface area contributed by atoms with Gasteiger partial charge in [-0.3, -0.25) is 19.3 Å². The molecule has 146 valence electrons. The molecule has 0 aromatic heterocycles. The van der Waals surface area contributed by atoms with E-state index in [-0.39, 0.29) is 28.9 Å². The maximum atomic E-state index is 12.5. The summed E-state index contributed by atoms with van der Waals surface area (Å²) in [4.78, 5) is 37.5.